The number of halogens is 3. The lowest BCUT2D eigenvalue weighted by atomic mass is 10.1. The van der Waals surface area contributed by atoms with Crippen LogP contribution in [0.25, 0.3) is 11.9 Å². The number of methoxy groups -OCH3 is 1. The Balaban J connectivity index is 1.82. The summed E-state index contributed by atoms with van der Waals surface area (Å²) in [4.78, 5) is 16.3. The van der Waals surface area contributed by atoms with Crippen molar-refractivity contribution in [3.8, 4) is 11.6 Å². The molecule has 2 aromatic heterocycles. The highest BCUT2D eigenvalue weighted by Gasteiger charge is 2.30. The summed E-state index contributed by atoms with van der Waals surface area (Å²) in [6.07, 6.45) is 0.700. The van der Waals surface area contributed by atoms with Crippen molar-refractivity contribution < 1.29 is 22.7 Å². The number of ether oxygens (including phenoxy) is 1. The number of hydrogen-bond donors (Lipinski definition) is 0. The molecule has 0 bridgehead atoms. The Bertz CT molecular complexity index is 1020. The lowest BCUT2D eigenvalue weighted by molar-refractivity contribution is -0.137. The van der Waals surface area contributed by atoms with Gasteiger partial charge in [0, 0.05) is 6.20 Å². The Labute approximate surface area is 159 Å². The lowest BCUT2D eigenvalue weighted by Gasteiger charge is -2.08. The Morgan fingerprint density at radius 1 is 1.18 bits per heavy atom. The number of ketones is 1. The van der Waals surface area contributed by atoms with E-state index in [1.807, 2.05) is 12.1 Å². The topological polar surface area (TPSA) is 57.0 Å². The van der Waals surface area contributed by atoms with Gasteiger partial charge < -0.3 is 4.74 Å². The standard InChI is InChI=1S/C20H16F3N3O2/c1-13-17(18(27)8-6-14-4-3-5-16(10-14)28-2)12-25-26(13)19-9-7-15(11-24-19)20(21,22)23/h3-12H,1-2H3/b8-6+. The fourth-order valence-corrected chi connectivity index (χ4v) is 2.57. The van der Waals surface area contributed by atoms with E-state index < -0.39 is 11.7 Å². The van der Waals surface area contributed by atoms with Crippen molar-refractivity contribution in [2.75, 3.05) is 7.11 Å². The molecule has 28 heavy (non-hydrogen) atoms. The van der Waals surface area contributed by atoms with E-state index in [9.17, 15) is 18.0 Å². The summed E-state index contributed by atoms with van der Waals surface area (Å²) in [6.45, 7) is 1.65. The first kappa shape index (κ1) is 19.3. The minimum atomic E-state index is -4.46. The minimum absolute atomic E-state index is 0.196. The van der Waals surface area contributed by atoms with Gasteiger partial charge in [-0.15, -0.1) is 0 Å². The first-order valence-electron chi connectivity index (χ1n) is 8.24. The third-order valence-corrected chi connectivity index (χ3v) is 4.09. The maximum Gasteiger partial charge on any atom is 0.417 e. The van der Waals surface area contributed by atoms with E-state index >= 15 is 0 Å². The number of aromatic nitrogens is 3. The van der Waals surface area contributed by atoms with Crippen molar-refractivity contribution in [3.63, 3.8) is 0 Å². The summed E-state index contributed by atoms with van der Waals surface area (Å²) >= 11 is 0. The maximum atomic E-state index is 12.7. The Morgan fingerprint density at radius 2 is 1.96 bits per heavy atom. The van der Waals surface area contributed by atoms with Gasteiger partial charge in [-0.05, 0) is 42.8 Å². The summed E-state index contributed by atoms with van der Waals surface area (Å²) in [5, 5.41) is 4.08. The Kier molecular flexibility index (Phi) is 5.30. The van der Waals surface area contributed by atoms with Crippen LogP contribution in [0.3, 0.4) is 0 Å². The molecule has 2 heterocycles. The van der Waals surface area contributed by atoms with Crippen molar-refractivity contribution in [3.05, 3.63) is 77.3 Å². The van der Waals surface area contributed by atoms with Gasteiger partial charge in [0.25, 0.3) is 0 Å². The van der Waals surface area contributed by atoms with E-state index in [2.05, 4.69) is 10.1 Å². The second-order valence-electron chi connectivity index (χ2n) is 5.93. The van der Waals surface area contributed by atoms with Crippen LogP contribution >= 0.6 is 0 Å². The van der Waals surface area contributed by atoms with Gasteiger partial charge in [0.05, 0.1) is 30.1 Å². The van der Waals surface area contributed by atoms with Crippen LogP contribution in [0.2, 0.25) is 0 Å². The van der Waals surface area contributed by atoms with Crippen LogP contribution in [0.1, 0.15) is 27.2 Å². The molecule has 144 valence electrons. The number of nitrogens with zero attached hydrogens (tertiary/aromatic N) is 3. The molecule has 0 spiro atoms. The first-order chi connectivity index (χ1) is 13.3. The van der Waals surface area contributed by atoms with Crippen molar-refractivity contribution in [2.45, 2.75) is 13.1 Å². The summed E-state index contributed by atoms with van der Waals surface area (Å²) in [7, 11) is 1.56. The molecular weight excluding hydrogens is 371 g/mol. The van der Waals surface area contributed by atoms with E-state index in [1.54, 1.807) is 32.2 Å². The van der Waals surface area contributed by atoms with Gasteiger partial charge in [-0.2, -0.15) is 18.3 Å². The minimum Gasteiger partial charge on any atom is -0.497 e. The number of carbonyl (C=O) groups excluding carboxylic acids is 1. The van der Waals surface area contributed by atoms with Gasteiger partial charge in [-0.3, -0.25) is 4.79 Å². The molecule has 0 atom stereocenters. The van der Waals surface area contributed by atoms with Crippen molar-refractivity contribution in [1.29, 1.82) is 0 Å². The van der Waals surface area contributed by atoms with Gasteiger partial charge in [-0.1, -0.05) is 18.2 Å². The van der Waals surface area contributed by atoms with Crippen LogP contribution in [0, 0.1) is 6.92 Å². The zero-order valence-corrected chi connectivity index (χ0v) is 15.1. The predicted molar refractivity (Wildman–Crippen MR) is 97.5 cm³/mol. The summed E-state index contributed by atoms with van der Waals surface area (Å²) in [6, 6.07) is 9.35. The normalized spacial score (nSPS) is 11.8. The third kappa shape index (κ3) is 4.11. The molecule has 1 aromatic carbocycles. The Morgan fingerprint density at radius 3 is 2.61 bits per heavy atom. The molecule has 0 saturated carbocycles. The van der Waals surface area contributed by atoms with Gasteiger partial charge in [0.2, 0.25) is 0 Å². The fourth-order valence-electron chi connectivity index (χ4n) is 2.57. The zero-order valence-electron chi connectivity index (χ0n) is 15.1. The molecule has 0 aliphatic heterocycles. The number of pyridine rings is 1. The van der Waals surface area contributed by atoms with E-state index in [0.29, 0.717) is 17.0 Å². The van der Waals surface area contributed by atoms with Crippen molar-refractivity contribution in [2.24, 2.45) is 0 Å². The van der Waals surface area contributed by atoms with E-state index in [0.717, 1.165) is 17.8 Å². The second-order valence-corrected chi connectivity index (χ2v) is 5.93. The second kappa shape index (κ2) is 7.67. The molecule has 0 amide bonds. The van der Waals surface area contributed by atoms with Gasteiger partial charge in [-0.25, -0.2) is 9.67 Å². The van der Waals surface area contributed by atoms with Crippen LogP contribution in [0.5, 0.6) is 5.75 Å². The highest BCUT2D eigenvalue weighted by Crippen LogP contribution is 2.28. The highest BCUT2D eigenvalue weighted by molar-refractivity contribution is 6.07. The smallest absolute Gasteiger partial charge is 0.417 e. The van der Waals surface area contributed by atoms with Crippen LogP contribution in [0.15, 0.2) is 54.9 Å². The maximum absolute atomic E-state index is 12.7. The van der Waals surface area contributed by atoms with Gasteiger partial charge >= 0.3 is 6.18 Å². The van der Waals surface area contributed by atoms with Crippen molar-refractivity contribution in [1.82, 2.24) is 14.8 Å². The molecule has 0 unspecified atom stereocenters. The number of alkyl halides is 3. The van der Waals surface area contributed by atoms with E-state index in [1.165, 1.54) is 23.0 Å². The molecule has 0 saturated heterocycles. The van der Waals surface area contributed by atoms with Gasteiger partial charge in [0.1, 0.15) is 5.75 Å². The molecule has 3 rings (SSSR count). The molecule has 0 aliphatic rings. The summed E-state index contributed by atoms with van der Waals surface area (Å²) in [5.74, 6) is 0.590. The molecule has 0 N–H and O–H groups in total. The number of hydrogen-bond acceptors (Lipinski definition) is 4. The average molecular weight is 387 g/mol. The molecule has 0 radical (unpaired) electrons. The van der Waals surface area contributed by atoms with Crippen LogP contribution in [0.4, 0.5) is 13.2 Å². The quantitative estimate of drug-likeness (QED) is 0.478. The zero-order chi connectivity index (χ0) is 20.3. The van der Waals surface area contributed by atoms with Gasteiger partial charge in [0.15, 0.2) is 11.6 Å². The number of benzene rings is 1. The largest absolute Gasteiger partial charge is 0.497 e. The number of rotatable bonds is 5. The van der Waals surface area contributed by atoms with Crippen LogP contribution in [-0.4, -0.2) is 27.7 Å². The summed E-state index contributed by atoms with van der Waals surface area (Å²) < 4.78 is 44.4. The Hall–Kier alpha value is -3.42. The SMILES string of the molecule is COc1cccc(/C=C/C(=O)c2cnn(-c3ccc(C(F)(F)F)cn3)c2C)c1. The van der Waals surface area contributed by atoms with E-state index in [-0.39, 0.29) is 11.6 Å². The molecular formula is C20H16F3N3O2. The monoisotopic (exact) mass is 387 g/mol. The molecule has 3 aromatic rings. The van der Waals surface area contributed by atoms with E-state index in [4.69, 9.17) is 4.74 Å². The number of allylic oxidation sites excluding steroid dienone is 1. The fraction of sp³-hybridized carbons (Fsp3) is 0.150. The predicted octanol–water partition coefficient (Wildman–Crippen LogP) is 4.50. The average Bonchev–Trinajstić information content (AvgIpc) is 3.07. The molecule has 0 aliphatic carbocycles. The first-order valence-corrected chi connectivity index (χ1v) is 8.24. The number of carbonyl (C=O) groups is 1. The summed E-state index contributed by atoms with van der Waals surface area (Å²) in [5.41, 5.74) is 0.758. The molecule has 8 heteroatoms. The van der Waals surface area contributed by atoms with Crippen LogP contribution in [-0.2, 0) is 6.18 Å². The third-order valence-electron chi connectivity index (χ3n) is 4.09. The molecule has 0 fully saturated rings. The van der Waals surface area contributed by atoms with Crippen molar-refractivity contribution >= 4 is 11.9 Å². The van der Waals surface area contributed by atoms with Crippen LogP contribution < -0.4 is 4.74 Å². The highest BCUT2D eigenvalue weighted by atomic mass is 19.4. The lowest BCUT2D eigenvalue weighted by Crippen LogP contribution is -2.08. The molecule has 5 nitrogen and oxygen atoms in total.